The summed E-state index contributed by atoms with van der Waals surface area (Å²) < 4.78 is 5.52. The zero-order valence-electron chi connectivity index (χ0n) is 24.9. The van der Waals surface area contributed by atoms with E-state index in [1.54, 1.807) is 23.2 Å². The molecule has 3 aromatic rings. The number of hydrogen-bond donors (Lipinski definition) is 3. The fourth-order valence-electron chi connectivity index (χ4n) is 5.43. The van der Waals surface area contributed by atoms with Crippen LogP contribution in [0.2, 0.25) is 5.02 Å². The van der Waals surface area contributed by atoms with E-state index in [4.69, 9.17) is 21.3 Å². The van der Waals surface area contributed by atoms with E-state index >= 15 is 0 Å². The molecule has 43 heavy (non-hydrogen) atoms. The van der Waals surface area contributed by atoms with Crippen LogP contribution in [0.25, 0.3) is 0 Å². The highest BCUT2D eigenvalue weighted by Crippen LogP contribution is 2.41. The molecular weight excluding hydrogens is 568 g/mol. The van der Waals surface area contributed by atoms with Gasteiger partial charge in [-0.05, 0) is 56.4 Å². The molecule has 5 rings (SSSR count). The Morgan fingerprint density at radius 1 is 1.05 bits per heavy atom. The van der Waals surface area contributed by atoms with Gasteiger partial charge in [0.15, 0.2) is 0 Å². The molecule has 2 amide bonds. The van der Waals surface area contributed by atoms with Crippen LogP contribution in [-0.2, 0) is 24.4 Å². The Balaban J connectivity index is 1.27. The third-order valence-corrected chi connectivity index (χ3v) is 8.23. The number of likely N-dealkylation sites (tertiary alicyclic amines) is 1. The van der Waals surface area contributed by atoms with E-state index in [2.05, 4.69) is 20.5 Å². The van der Waals surface area contributed by atoms with E-state index in [1.807, 2.05) is 57.2 Å². The van der Waals surface area contributed by atoms with E-state index in [0.29, 0.717) is 54.1 Å². The third kappa shape index (κ3) is 7.55. The third-order valence-electron chi connectivity index (χ3n) is 7.88. The summed E-state index contributed by atoms with van der Waals surface area (Å²) >= 11 is 6.30. The topological polar surface area (TPSA) is 120 Å². The number of hydrogen-bond acceptors (Lipinski definition) is 8. The highest BCUT2D eigenvalue weighted by atomic mass is 35.5. The highest BCUT2D eigenvalue weighted by molar-refractivity contribution is 6.31. The van der Waals surface area contributed by atoms with Gasteiger partial charge in [0, 0.05) is 55.9 Å². The van der Waals surface area contributed by atoms with Gasteiger partial charge in [-0.15, -0.1) is 0 Å². The minimum atomic E-state index is -0.508. The Hall–Kier alpha value is -3.89. The largest absolute Gasteiger partial charge is 0.444 e. The standard InChI is InChI=1S/C32H39ClN6O4/c1-31(2,3)43-30(42)39-20-32(21-39)11-13-38(14-12-32)29-36-18-25(28(41)35-16-22-7-5-4-6-8-22)27(37-29)34-17-23-9-10-24(19-40)26(33)15-23/h4-10,15,18,40H,11-14,16-17,19-21H2,1-3H3,(H,35,41)(H,34,36,37). The van der Waals surface area contributed by atoms with Crippen LogP contribution in [0.15, 0.2) is 54.7 Å². The zero-order valence-corrected chi connectivity index (χ0v) is 25.7. The molecule has 228 valence electrons. The first-order chi connectivity index (χ1) is 20.5. The fourth-order valence-corrected chi connectivity index (χ4v) is 5.69. The summed E-state index contributed by atoms with van der Waals surface area (Å²) in [5.41, 5.74) is 2.46. The average molecular weight is 607 g/mol. The fraction of sp³-hybridized carbons (Fsp3) is 0.438. The number of piperidine rings is 1. The van der Waals surface area contributed by atoms with Crippen molar-refractivity contribution in [2.24, 2.45) is 5.41 Å². The summed E-state index contributed by atoms with van der Waals surface area (Å²) in [7, 11) is 0. The lowest BCUT2D eigenvalue weighted by molar-refractivity contribution is -0.0435. The molecule has 0 unspecified atom stereocenters. The molecule has 11 heteroatoms. The normalized spacial score (nSPS) is 16.0. The molecule has 2 aromatic carbocycles. The Morgan fingerprint density at radius 2 is 1.77 bits per heavy atom. The van der Waals surface area contributed by atoms with Crippen LogP contribution in [0, 0.1) is 5.41 Å². The minimum absolute atomic E-state index is 0.0890. The van der Waals surface area contributed by atoms with Crippen molar-refractivity contribution in [3.63, 3.8) is 0 Å². The smallest absolute Gasteiger partial charge is 0.410 e. The summed E-state index contributed by atoms with van der Waals surface area (Å²) in [6.07, 6.45) is 3.14. The molecule has 3 heterocycles. The van der Waals surface area contributed by atoms with Crippen molar-refractivity contribution >= 4 is 35.4 Å². The second kappa shape index (κ2) is 12.8. The molecule has 0 atom stereocenters. The number of rotatable bonds is 8. The van der Waals surface area contributed by atoms with Gasteiger partial charge in [0.05, 0.1) is 6.61 Å². The molecule has 0 saturated carbocycles. The number of carbonyl (C=O) groups excluding carboxylic acids is 2. The molecule has 0 aliphatic carbocycles. The van der Waals surface area contributed by atoms with Crippen LogP contribution in [0.1, 0.15) is 60.7 Å². The van der Waals surface area contributed by atoms with E-state index < -0.39 is 5.60 Å². The zero-order chi connectivity index (χ0) is 30.6. The van der Waals surface area contributed by atoms with Gasteiger partial charge in [0.1, 0.15) is 17.0 Å². The van der Waals surface area contributed by atoms with Crippen molar-refractivity contribution in [1.82, 2.24) is 20.2 Å². The number of benzene rings is 2. The van der Waals surface area contributed by atoms with Gasteiger partial charge in [0.25, 0.3) is 5.91 Å². The molecule has 0 radical (unpaired) electrons. The summed E-state index contributed by atoms with van der Waals surface area (Å²) in [6, 6.07) is 15.2. The molecule has 2 aliphatic rings. The number of aliphatic hydroxyl groups excluding tert-OH is 1. The van der Waals surface area contributed by atoms with Crippen LogP contribution in [0.4, 0.5) is 16.6 Å². The number of nitrogens with zero attached hydrogens (tertiary/aromatic N) is 4. The molecular formula is C32H39ClN6O4. The summed E-state index contributed by atoms with van der Waals surface area (Å²) in [4.78, 5) is 39.0. The minimum Gasteiger partial charge on any atom is -0.444 e. The lowest BCUT2D eigenvalue weighted by Gasteiger charge is -2.53. The van der Waals surface area contributed by atoms with Gasteiger partial charge in [0.2, 0.25) is 5.95 Å². The lowest BCUT2D eigenvalue weighted by atomic mass is 9.72. The quantitative estimate of drug-likeness (QED) is 0.328. The van der Waals surface area contributed by atoms with Gasteiger partial charge in [-0.2, -0.15) is 4.98 Å². The highest BCUT2D eigenvalue weighted by Gasteiger charge is 2.48. The van der Waals surface area contributed by atoms with Crippen LogP contribution in [0.3, 0.4) is 0 Å². The summed E-state index contributed by atoms with van der Waals surface area (Å²) in [5, 5.41) is 16.2. The maximum Gasteiger partial charge on any atom is 0.410 e. The molecule has 2 aliphatic heterocycles. The second-order valence-corrected chi connectivity index (χ2v) is 12.8. The van der Waals surface area contributed by atoms with Crippen LogP contribution >= 0.6 is 11.6 Å². The van der Waals surface area contributed by atoms with Gasteiger partial charge < -0.3 is 30.3 Å². The molecule has 3 N–H and O–H groups in total. The van der Waals surface area contributed by atoms with E-state index in [-0.39, 0.29) is 24.0 Å². The SMILES string of the molecule is CC(C)(C)OC(=O)N1CC2(CCN(c3ncc(C(=O)NCc4ccccc4)c(NCc4ccc(CO)c(Cl)c4)n3)CC2)C1. The van der Waals surface area contributed by atoms with Crippen LogP contribution in [0.5, 0.6) is 0 Å². The number of aliphatic hydroxyl groups is 1. The van der Waals surface area contributed by atoms with Crippen molar-refractivity contribution in [2.45, 2.75) is 58.9 Å². The van der Waals surface area contributed by atoms with E-state index in [9.17, 15) is 14.7 Å². The number of nitrogens with one attached hydrogen (secondary N) is 2. The lowest BCUT2D eigenvalue weighted by Crippen LogP contribution is -2.62. The Labute approximate surface area is 257 Å². The molecule has 2 saturated heterocycles. The Kier molecular flexibility index (Phi) is 9.08. The average Bonchev–Trinajstić information content (AvgIpc) is 2.97. The van der Waals surface area contributed by atoms with Crippen molar-refractivity contribution in [1.29, 1.82) is 0 Å². The molecule has 1 spiro atoms. The van der Waals surface area contributed by atoms with E-state index in [1.165, 1.54) is 0 Å². The number of aromatic nitrogens is 2. The maximum atomic E-state index is 13.2. The molecule has 2 fully saturated rings. The first-order valence-corrected chi connectivity index (χ1v) is 15.0. The van der Waals surface area contributed by atoms with Crippen LogP contribution in [-0.4, -0.2) is 63.8 Å². The molecule has 10 nitrogen and oxygen atoms in total. The second-order valence-electron chi connectivity index (χ2n) is 12.4. The monoisotopic (exact) mass is 606 g/mol. The molecule has 0 bridgehead atoms. The number of halogens is 1. The summed E-state index contributed by atoms with van der Waals surface area (Å²) in [6.45, 7) is 9.15. The number of amides is 2. The first-order valence-electron chi connectivity index (χ1n) is 14.6. The predicted molar refractivity (Wildman–Crippen MR) is 166 cm³/mol. The van der Waals surface area contributed by atoms with Crippen LogP contribution < -0.4 is 15.5 Å². The van der Waals surface area contributed by atoms with Gasteiger partial charge in [-0.25, -0.2) is 9.78 Å². The number of carbonyl (C=O) groups is 2. The van der Waals surface area contributed by atoms with E-state index in [0.717, 1.165) is 37.1 Å². The van der Waals surface area contributed by atoms with Gasteiger partial charge >= 0.3 is 6.09 Å². The number of anilines is 2. The Bertz CT molecular complexity index is 1450. The Morgan fingerprint density at radius 3 is 2.42 bits per heavy atom. The van der Waals surface area contributed by atoms with Crippen molar-refractivity contribution in [3.05, 3.63) is 82.0 Å². The molecule has 1 aromatic heterocycles. The van der Waals surface area contributed by atoms with Gasteiger partial charge in [-0.3, -0.25) is 4.79 Å². The number of ether oxygens (including phenoxy) is 1. The van der Waals surface area contributed by atoms with Crippen molar-refractivity contribution < 1.29 is 19.4 Å². The predicted octanol–water partition coefficient (Wildman–Crippen LogP) is 5.00. The van der Waals surface area contributed by atoms with Gasteiger partial charge in [-0.1, -0.05) is 54.1 Å². The maximum absolute atomic E-state index is 13.2. The van der Waals surface area contributed by atoms with Crippen molar-refractivity contribution in [3.8, 4) is 0 Å². The van der Waals surface area contributed by atoms with Crippen molar-refractivity contribution in [2.75, 3.05) is 36.4 Å². The first kappa shape index (κ1) is 30.6. The summed E-state index contributed by atoms with van der Waals surface area (Å²) in [5.74, 6) is 0.702.